The second-order valence-corrected chi connectivity index (χ2v) is 6.60. The minimum absolute atomic E-state index is 0.364. The molecule has 0 spiro atoms. The number of urea groups is 1. The van der Waals surface area contributed by atoms with Gasteiger partial charge in [0.2, 0.25) is 0 Å². The lowest BCUT2D eigenvalue weighted by atomic mass is 10.2. The average molecular weight is 404 g/mol. The summed E-state index contributed by atoms with van der Waals surface area (Å²) >= 11 is 3.42. The number of carbonyl (C=O) groups excluding carboxylic acids is 1. The van der Waals surface area contributed by atoms with Gasteiger partial charge in [-0.05, 0) is 49.2 Å². The highest BCUT2D eigenvalue weighted by Gasteiger charge is 2.10. The van der Waals surface area contributed by atoms with Crippen molar-refractivity contribution < 1.29 is 9.21 Å². The molecule has 2 amide bonds. The Balaban J connectivity index is 1.77. The number of fused-ring (bicyclic) bond motifs is 1. The normalized spacial score (nSPS) is 10.8. The first kappa shape index (κ1) is 17.3. The van der Waals surface area contributed by atoms with Gasteiger partial charge in [-0.25, -0.2) is 9.59 Å². The van der Waals surface area contributed by atoms with Gasteiger partial charge in [0.05, 0.1) is 5.52 Å². The quantitative estimate of drug-likeness (QED) is 0.661. The van der Waals surface area contributed by atoms with Crippen LogP contribution in [0.25, 0.3) is 11.1 Å². The molecule has 7 heteroatoms. The van der Waals surface area contributed by atoms with Crippen LogP contribution in [0.3, 0.4) is 0 Å². The number of carbonyl (C=O) groups is 1. The topological polar surface area (TPSA) is 76.3 Å². The van der Waals surface area contributed by atoms with Crippen LogP contribution in [0.5, 0.6) is 0 Å². The van der Waals surface area contributed by atoms with Crippen molar-refractivity contribution in [3.8, 4) is 0 Å². The largest absolute Gasteiger partial charge is 0.419 e. The molecule has 130 valence electrons. The van der Waals surface area contributed by atoms with Gasteiger partial charge in [0, 0.05) is 28.5 Å². The summed E-state index contributed by atoms with van der Waals surface area (Å²) in [5, 5.41) is 5.52. The van der Waals surface area contributed by atoms with E-state index in [4.69, 9.17) is 4.42 Å². The average Bonchev–Trinajstić information content (AvgIpc) is 2.86. The molecule has 0 radical (unpaired) electrons. The summed E-state index contributed by atoms with van der Waals surface area (Å²) in [7, 11) is 0. The molecule has 0 atom stereocenters. The van der Waals surface area contributed by atoms with Gasteiger partial charge in [-0.15, -0.1) is 0 Å². The van der Waals surface area contributed by atoms with E-state index in [2.05, 4.69) is 26.6 Å². The van der Waals surface area contributed by atoms with E-state index in [9.17, 15) is 9.59 Å². The van der Waals surface area contributed by atoms with Gasteiger partial charge < -0.3 is 15.1 Å². The van der Waals surface area contributed by atoms with Crippen LogP contribution in [0.4, 0.5) is 16.2 Å². The van der Waals surface area contributed by atoms with Crippen LogP contribution < -0.4 is 16.4 Å². The highest BCUT2D eigenvalue weighted by molar-refractivity contribution is 9.10. The maximum atomic E-state index is 12.2. The Hall–Kier alpha value is -2.54. The van der Waals surface area contributed by atoms with Gasteiger partial charge in [0.1, 0.15) is 0 Å². The fraction of sp³-hybridized carbons (Fsp3) is 0.222. The van der Waals surface area contributed by atoms with E-state index in [1.807, 2.05) is 32.0 Å². The number of oxazole rings is 1. The van der Waals surface area contributed by atoms with Crippen molar-refractivity contribution >= 4 is 44.4 Å². The maximum Gasteiger partial charge on any atom is 0.419 e. The van der Waals surface area contributed by atoms with E-state index in [-0.39, 0.29) is 11.8 Å². The predicted octanol–water partition coefficient (Wildman–Crippen LogP) is 4.72. The Bertz CT molecular complexity index is 991. The second kappa shape index (κ2) is 7.14. The molecule has 0 bridgehead atoms. The number of nitrogens with zero attached hydrogens (tertiary/aromatic N) is 1. The molecular weight excluding hydrogens is 386 g/mol. The number of aryl methyl sites for hydroxylation is 2. The summed E-state index contributed by atoms with van der Waals surface area (Å²) in [6.07, 6.45) is 0.837. The van der Waals surface area contributed by atoms with Crippen molar-refractivity contribution in [2.75, 3.05) is 10.6 Å². The number of aromatic nitrogens is 1. The van der Waals surface area contributed by atoms with Gasteiger partial charge in [-0.3, -0.25) is 4.57 Å². The van der Waals surface area contributed by atoms with Crippen molar-refractivity contribution in [3.63, 3.8) is 0 Å². The van der Waals surface area contributed by atoms with Crippen LogP contribution in [0, 0.1) is 6.92 Å². The van der Waals surface area contributed by atoms with E-state index in [0.29, 0.717) is 23.5 Å². The minimum atomic E-state index is -0.385. The molecule has 2 aromatic carbocycles. The fourth-order valence-corrected chi connectivity index (χ4v) is 2.84. The summed E-state index contributed by atoms with van der Waals surface area (Å²) in [5.74, 6) is -0.385. The number of benzene rings is 2. The van der Waals surface area contributed by atoms with Gasteiger partial charge in [0.15, 0.2) is 5.58 Å². The van der Waals surface area contributed by atoms with Crippen LogP contribution in [0.1, 0.15) is 18.9 Å². The van der Waals surface area contributed by atoms with Crippen molar-refractivity contribution in [3.05, 3.63) is 57.0 Å². The van der Waals surface area contributed by atoms with E-state index in [1.165, 1.54) is 0 Å². The number of rotatable bonds is 4. The molecular formula is C18H18BrN3O3. The Morgan fingerprint density at radius 2 is 1.84 bits per heavy atom. The zero-order valence-corrected chi connectivity index (χ0v) is 15.5. The van der Waals surface area contributed by atoms with Crippen molar-refractivity contribution in [1.29, 1.82) is 0 Å². The molecule has 0 saturated heterocycles. The number of nitrogens with one attached hydrogen (secondary N) is 2. The summed E-state index contributed by atoms with van der Waals surface area (Å²) in [6.45, 7) is 4.54. The Kier molecular flexibility index (Phi) is 4.94. The van der Waals surface area contributed by atoms with Crippen molar-refractivity contribution in [1.82, 2.24) is 4.57 Å². The predicted molar refractivity (Wildman–Crippen MR) is 102 cm³/mol. The first-order chi connectivity index (χ1) is 12.0. The van der Waals surface area contributed by atoms with Gasteiger partial charge in [0.25, 0.3) is 0 Å². The third kappa shape index (κ3) is 3.76. The Labute approximate surface area is 153 Å². The molecule has 3 rings (SSSR count). The lowest BCUT2D eigenvalue weighted by molar-refractivity contribution is 0.262. The number of hydrogen-bond acceptors (Lipinski definition) is 3. The molecule has 0 fully saturated rings. The van der Waals surface area contributed by atoms with Crippen molar-refractivity contribution in [2.45, 2.75) is 26.8 Å². The van der Waals surface area contributed by atoms with Crippen molar-refractivity contribution in [2.24, 2.45) is 0 Å². The Morgan fingerprint density at radius 1 is 1.16 bits per heavy atom. The SMILES string of the molecule is CCCn1c(=O)oc2cc(NC(=O)Nc3ccc(Br)c(C)c3)ccc21. The molecule has 2 N–H and O–H groups in total. The van der Waals surface area contributed by atoms with E-state index >= 15 is 0 Å². The van der Waals surface area contributed by atoms with E-state index < -0.39 is 0 Å². The summed E-state index contributed by atoms with van der Waals surface area (Å²) in [6, 6.07) is 10.4. The number of amides is 2. The van der Waals surface area contributed by atoms with Gasteiger partial charge >= 0.3 is 11.8 Å². The highest BCUT2D eigenvalue weighted by atomic mass is 79.9. The maximum absolute atomic E-state index is 12.2. The molecule has 0 saturated carbocycles. The molecule has 3 aromatic rings. The molecule has 0 aliphatic carbocycles. The van der Waals surface area contributed by atoms with E-state index in [0.717, 1.165) is 22.0 Å². The first-order valence-electron chi connectivity index (χ1n) is 7.95. The number of anilines is 2. The summed E-state index contributed by atoms with van der Waals surface area (Å²) < 4.78 is 7.82. The zero-order chi connectivity index (χ0) is 18.0. The number of hydrogen-bond donors (Lipinski definition) is 2. The van der Waals surface area contributed by atoms with Gasteiger partial charge in [-0.1, -0.05) is 22.9 Å². The third-order valence-electron chi connectivity index (χ3n) is 3.79. The smallest absolute Gasteiger partial charge is 0.408 e. The molecule has 1 heterocycles. The molecule has 0 aliphatic rings. The van der Waals surface area contributed by atoms with Crippen LogP contribution in [-0.4, -0.2) is 10.6 Å². The molecule has 0 aliphatic heterocycles. The molecule has 6 nitrogen and oxygen atoms in total. The highest BCUT2D eigenvalue weighted by Crippen LogP contribution is 2.21. The third-order valence-corrected chi connectivity index (χ3v) is 4.68. The number of halogens is 1. The summed E-state index contributed by atoms with van der Waals surface area (Å²) in [5.41, 5.74) is 3.45. The molecule has 25 heavy (non-hydrogen) atoms. The van der Waals surface area contributed by atoms with Crippen LogP contribution in [0.15, 0.2) is 50.1 Å². The minimum Gasteiger partial charge on any atom is -0.408 e. The standard InChI is InChI=1S/C18H18BrN3O3/c1-3-8-22-15-7-5-13(10-16(15)25-18(22)24)21-17(23)20-12-4-6-14(19)11(2)9-12/h4-7,9-10H,3,8H2,1-2H3,(H2,20,21,23). The second-order valence-electron chi connectivity index (χ2n) is 5.75. The van der Waals surface area contributed by atoms with Gasteiger partial charge in [-0.2, -0.15) is 0 Å². The molecule has 0 unspecified atom stereocenters. The zero-order valence-electron chi connectivity index (χ0n) is 13.9. The van der Waals surface area contributed by atoms with Crippen LogP contribution >= 0.6 is 15.9 Å². The lowest BCUT2D eigenvalue weighted by Gasteiger charge is -2.09. The monoisotopic (exact) mass is 403 g/mol. The lowest BCUT2D eigenvalue weighted by Crippen LogP contribution is -2.19. The van der Waals surface area contributed by atoms with Crippen LogP contribution in [0.2, 0.25) is 0 Å². The van der Waals surface area contributed by atoms with Crippen LogP contribution in [-0.2, 0) is 6.54 Å². The van der Waals surface area contributed by atoms with E-state index in [1.54, 1.807) is 22.8 Å². The summed E-state index contributed by atoms with van der Waals surface area (Å²) in [4.78, 5) is 24.0. The fourth-order valence-electron chi connectivity index (χ4n) is 2.60. The Morgan fingerprint density at radius 3 is 2.52 bits per heavy atom. The first-order valence-corrected chi connectivity index (χ1v) is 8.75. The molecule has 1 aromatic heterocycles.